The van der Waals surface area contributed by atoms with Crippen molar-refractivity contribution in [2.24, 2.45) is 11.7 Å². The molecule has 0 bridgehead atoms. The quantitative estimate of drug-likeness (QED) is 0.796. The number of thiazole rings is 1. The number of anilines is 1. The number of hydrogen-bond acceptors (Lipinski definition) is 4. The molecule has 0 aliphatic carbocycles. The van der Waals surface area contributed by atoms with Crippen molar-refractivity contribution in [1.29, 1.82) is 0 Å². The maximum absolute atomic E-state index is 11.1. The van der Waals surface area contributed by atoms with Crippen LogP contribution in [0.4, 0.5) is 9.93 Å². The first-order chi connectivity index (χ1) is 7.02. The molecule has 0 aliphatic rings. The minimum absolute atomic E-state index is 0.0260. The second-order valence-corrected chi connectivity index (χ2v) is 3.88. The van der Waals surface area contributed by atoms with Crippen LogP contribution in [0.15, 0.2) is 11.6 Å². The molecule has 82 valence electrons. The van der Waals surface area contributed by atoms with Crippen molar-refractivity contribution in [2.75, 3.05) is 11.4 Å². The van der Waals surface area contributed by atoms with Crippen LogP contribution in [-0.2, 0) is 4.79 Å². The molecule has 1 heterocycles. The van der Waals surface area contributed by atoms with E-state index in [4.69, 9.17) is 10.8 Å². The van der Waals surface area contributed by atoms with E-state index in [-0.39, 0.29) is 6.54 Å². The number of aromatic nitrogens is 1. The van der Waals surface area contributed by atoms with Gasteiger partial charge >= 0.3 is 12.0 Å². The lowest BCUT2D eigenvalue weighted by Gasteiger charge is -2.19. The molecule has 0 saturated heterocycles. The highest BCUT2D eigenvalue weighted by molar-refractivity contribution is 7.13. The Morgan fingerprint density at radius 2 is 2.40 bits per heavy atom. The third-order valence-electron chi connectivity index (χ3n) is 1.79. The standard InChI is InChI=1S/C8H11N3O3S/c1-5(6(12)13)4-11(7(9)14)8-10-2-3-15-8/h2-3,5H,4H2,1H3,(H2,9,14)(H,12,13). The zero-order valence-electron chi connectivity index (χ0n) is 8.08. The molecule has 1 atom stereocenters. The summed E-state index contributed by atoms with van der Waals surface area (Å²) >= 11 is 1.23. The van der Waals surface area contributed by atoms with Crippen LogP contribution in [-0.4, -0.2) is 28.6 Å². The number of aliphatic carboxylic acids is 1. The minimum Gasteiger partial charge on any atom is -0.481 e. The van der Waals surface area contributed by atoms with Crippen LogP contribution in [0.3, 0.4) is 0 Å². The Hall–Kier alpha value is -1.63. The molecule has 0 saturated carbocycles. The SMILES string of the molecule is CC(CN(C(N)=O)c1nccs1)C(=O)O. The topological polar surface area (TPSA) is 96.5 Å². The molecular formula is C8H11N3O3S. The van der Waals surface area contributed by atoms with Gasteiger partial charge in [-0.15, -0.1) is 11.3 Å². The maximum atomic E-state index is 11.1. The van der Waals surface area contributed by atoms with Gasteiger partial charge in [0.1, 0.15) is 0 Å². The average molecular weight is 229 g/mol. The van der Waals surface area contributed by atoms with Gasteiger partial charge in [0.2, 0.25) is 0 Å². The summed E-state index contributed by atoms with van der Waals surface area (Å²) in [5.41, 5.74) is 5.14. The highest BCUT2D eigenvalue weighted by Gasteiger charge is 2.21. The van der Waals surface area contributed by atoms with Crippen LogP contribution in [0.25, 0.3) is 0 Å². The number of hydrogen-bond donors (Lipinski definition) is 2. The fourth-order valence-corrected chi connectivity index (χ4v) is 1.62. The van der Waals surface area contributed by atoms with E-state index in [1.807, 2.05) is 0 Å². The highest BCUT2D eigenvalue weighted by atomic mass is 32.1. The monoisotopic (exact) mass is 229 g/mol. The molecule has 7 heteroatoms. The third-order valence-corrected chi connectivity index (χ3v) is 2.59. The first-order valence-corrected chi connectivity index (χ1v) is 5.09. The minimum atomic E-state index is -0.974. The largest absolute Gasteiger partial charge is 0.481 e. The van der Waals surface area contributed by atoms with Crippen molar-refractivity contribution in [1.82, 2.24) is 4.98 Å². The number of amides is 2. The first-order valence-electron chi connectivity index (χ1n) is 4.21. The second-order valence-electron chi connectivity index (χ2n) is 3.00. The molecule has 0 aromatic carbocycles. The second kappa shape index (κ2) is 4.74. The molecule has 15 heavy (non-hydrogen) atoms. The Bertz CT molecular complexity index is 352. The molecule has 1 unspecified atom stereocenters. The molecule has 0 spiro atoms. The number of carboxylic acids is 1. The maximum Gasteiger partial charge on any atom is 0.321 e. The number of rotatable bonds is 4. The summed E-state index contributed by atoms with van der Waals surface area (Å²) in [5.74, 6) is -1.65. The van der Waals surface area contributed by atoms with Crippen LogP contribution in [0, 0.1) is 5.92 Å². The zero-order valence-corrected chi connectivity index (χ0v) is 8.90. The van der Waals surface area contributed by atoms with Crippen molar-refractivity contribution >= 4 is 28.5 Å². The Labute approximate surface area is 90.3 Å². The Balaban J connectivity index is 2.77. The van der Waals surface area contributed by atoms with Gasteiger partial charge in [0, 0.05) is 18.1 Å². The molecule has 1 aromatic heterocycles. The number of primary amides is 1. The molecule has 0 aliphatic heterocycles. The molecule has 2 amide bonds. The van der Waals surface area contributed by atoms with Crippen LogP contribution >= 0.6 is 11.3 Å². The van der Waals surface area contributed by atoms with E-state index in [2.05, 4.69) is 4.98 Å². The summed E-state index contributed by atoms with van der Waals surface area (Å²) in [6.45, 7) is 1.53. The number of carboxylic acid groups (broad SMARTS) is 1. The number of nitrogens with zero attached hydrogens (tertiary/aromatic N) is 2. The van der Waals surface area contributed by atoms with Gasteiger partial charge in [0.05, 0.1) is 5.92 Å². The molecule has 0 radical (unpaired) electrons. The van der Waals surface area contributed by atoms with E-state index in [9.17, 15) is 9.59 Å². The third kappa shape index (κ3) is 2.91. The lowest BCUT2D eigenvalue weighted by atomic mass is 10.2. The van der Waals surface area contributed by atoms with Gasteiger partial charge in [-0.2, -0.15) is 0 Å². The number of carbonyl (C=O) groups excluding carboxylic acids is 1. The molecule has 3 N–H and O–H groups in total. The summed E-state index contributed by atoms with van der Waals surface area (Å²) in [4.78, 5) is 26.8. The van der Waals surface area contributed by atoms with Crippen LogP contribution in [0.2, 0.25) is 0 Å². The normalized spacial score (nSPS) is 12.1. The number of urea groups is 1. The molecule has 0 fully saturated rings. The van der Waals surface area contributed by atoms with Crippen LogP contribution in [0.1, 0.15) is 6.92 Å². The van der Waals surface area contributed by atoms with E-state index in [0.717, 1.165) is 4.90 Å². The van der Waals surface area contributed by atoms with Crippen LogP contribution < -0.4 is 10.6 Å². The average Bonchev–Trinajstić information content (AvgIpc) is 2.65. The predicted octanol–water partition coefficient (Wildman–Crippen LogP) is 0.749. The summed E-state index contributed by atoms with van der Waals surface area (Å²) in [5, 5.41) is 10.8. The molecule has 1 rings (SSSR count). The summed E-state index contributed by atoms with van der Waals surface area (Å²) < 4.78 is 0. The summed E-state index contributed by atoms with van der Waals surface area (Å²) in [6.07, 6.45) is 1.53. The van der Waals surface area contributed by atoms with Crippen LogP contribution in [0.5, 0.6) is 0 Å². The van der Waals surface area contributed by atoms with E-state index < -0.39 is 17.9 Å². The lowest BCUT2D eigenvalue weighted by molar-refractivity contribution is -0.140. The Morgan fingerprint density at radius 1 is 1.73 bits per heavy atom. The van der Waals surface area contributed by atoms with E-state index in [0.29, 0.717) is 5.13 Å². The fraction of sp³-hybridized carbons (Fsp3) is 0.375. The lowest BCUT2D eigenvalue weighted by Crippen LogP contribution is -2.40. The Kier molecular flexibility index (Phi) is 3.62. The van der Waals surface area contributed by atoms with Crippen molar-refractivity contribution in [3.63, 3.8) is 0 Å². The van der Waals surface area contributed by atoms with Crippen molar-refractivity contribution in [2.45, 2.75) is 6.92 Å². The Morgan fingerprint density at radius 3 is 2.80 bits per heavy atom. The van der Waals surface area contributed by atoms with Gasteiger partial charge in [-0.3, -0.25) is 9.69 Å². The molecule has 6 nitrogen and oxygen atoms in total. The van der Waals surface area contributed by atoms with Gasteiger partial charge in [-0.05, 0) is 0 Å². The van der Waals surface area contributed by atoms with E-state index in [1.165, 1.54) is 24.5 Å². The van der Waals surface area contributed by atoms with Crippen molar-refractivity contribution < 1.29 is 14.7 Å². The first kappa shape index (κ1) is 11.4. The fourth-order valence-electron chi connectivity index (χ4n) is 0.964. The number of carbonyl (C=O) groups is 2. The van der Waals surface area contributed by atoms with Gasteiger partial charge in [0.15, 0.2) is 5.13 Å². The smallest absolute Gasteiger partial charge is 0.321 e. The van der Waals surface area contributed by atoms with Gasteiger partial charge in [0.25, 0.3) is 0 Å². The molecule has 1 aromatic rings. The zero-order chi connectivity index (χ0) is 11.4. The van der Waals surface area contributed by atoms with Crippen molar-refractivity contribution in [3.8, 4) is 0 Å². The van der Waals surface area contributed by atoms with Gasteiger partial charge in [-0.1, -0.05) is 6.92 Å². The molecular weight excluding hydrogens is 218 g/mol. The number of nitrogens with two attached hydrogens (primary N) is 1. The summed E-state index contributed by atoms with van der Waals surface area (Å²) in [6, 6.07) is -0.696. The summed E-state index contributed by atoms with van der Waals surface area (Å²) in [7, 11) is 0. The van der Waals surface area contributed by atoms with E-state index in [1.54, 1.807) is 5.38 Å². The van der Waals surface area contributed by atoms with Gasteiger partial charge < -0.3 is 10.8 Å². The highest BCUT2D eigenvalue weighted by Crippen LogP contribution is 2.18. The van der Waals surface area contributed by atoms with E-state index >= 15 is 0 Å². The predicted molar refractivity (Wildman–Crippen MR) is 55.8 cm³/mol. The van der Waals surface area contributed by atoms with Crippen molar-refractivity contribution in [3.05, 3.63) is 11.6 Å². The van der Waals surface area contributed by atoms with Gasteiger partial charge in [-0.25, -0.2) is 9.78 Å².